The summed E-state index contributed by atoms with van der Waals surface area (Å²) in [6.45, 7) is 4.68. The van der Waals surface area contributed by atoms with Crippen molar-refractivity contribution in [1.29, 1.82) is 0 Å². The van der Waals surface area contributed by atoms with Crippen molar-refractivity contribution in [3.05, 3.63) is 0 Å². The van der Waals surface area contributed by atoms with E-state index in [9.17, 15) is 4.79 Å². The van der Waals surface area contributed by atoms with E-state index in [1.165, 1.54) is 11.8 Å². The molecule has 0 radical (unpaired) electrons. The summed E-state index contributed by atoms with van der Waals surface area (Å²) in [6.07, 6.45) is 3.33. The molecule has 0 bridgehead atoms. The van der Waals surface area contributed by atoms with E-state index >= 15 is 0 Å². The van der Waals surface area contributed by atoms with Gasteiger partial charge in [-0.15, -0.1) is 5.10 Å². The molecule has 0 aromatic carbocycles. The number of hydrogen-bond donors (Lipinski definition) is 2. The van der Waals surface area contributed by atoms with Gasteiger partial charge in [0.1, 0.15) is 0 Å². The molecular formula is C11H20N6OS. The molecule has 1 amide bonds. The van der Waals surface area contributed by atoms with Gasteiger partial charge in [0.25, 0.3) is 0 Å². The first-order valence-electron chi connectivity index (χ1n) is 6.68. The highest BCUT2D eigenvalue weighted by Gasteiger charge is 2.23. The molecule has 0 atom stereocenters. The van der Waals surface area contributed by atoms with Crippen molar-refractivity contribution in [3.63, 3.8) is 0 Å². The van der Waals surface area contributed by atoms with Gasteiger partial charge in [0, 0.05) is 12.6 Å². The number of nitrogens with zero attached hydrogens (tertiary/aromatic N) is 4. The van der Waals surface area contributed by atoms with Crippen molar-refractivity contribution in [2.75, 3.05) is 18.8 Å². The molecular weight excluding hydrogens is 264 g/mol. The minimum Gasteiger partial charge on any atom is -0.353 e. The molecule has 8 heteroatoms. The van der Waals surface area contributed by atoms with E-state index in [0.717, 1.165) is 38.9 Å². The highest BCUT2D eigenvalue weighted by molar-refractivity contribution is 7.99. The summed E-state index contributed by atoms with van der Waals surface area (Å²) in [7, 11) is 0. The summed E-state index contributed by atoms with van der Waals surface area (Å²) in [5, 5.41) is 18.5. The lowest BCUT2D eigenvalue weighted by atomic mass is 10.5. The average molecular weight is 284 g/mol. The van der Waals surface area contributed by atoms with Gasteiger partial charge in [0.2, 0.25) is 11.1 Å². The lowest BCUT2D eigenvalue weighted by Gasteiger charge is -2.05. The third-order valence-corrected chi connectivity index (χ3v) is 3.66. The van der Waals surface area contributed by atoms with Crippen molar-refractivity contribution in [1.82, 2.24) is 30.8 Å². The average Bonchev–Trinajstić information content (AvgIpc) is 3.09. The van der Waals surface area contributed by atoms with Gasteiger partial charge in [-0.25, -0.2) is 4.68 Å². The van der Waals surface area contributed by atoms with Crippen molar-refractivity contribution in [3.8, 4) is 0 Å². The van der Waals surface area contributed by atoms with Crippen LogP contribution in [-0.4, -0.2) is 51.0 Å². The molecule has 1 aliphatic carbocycles. The van der Waals surface area contributed by atoms with Gasteiger partial charge in [-0.3, -0.25) is 4.79 Å². The normalized spacial score (nSPS) is 14.6. The standard InChI is InChI=1S/C11H20N6OS/c1-2-5-12-6-7-17-11(14-15-16-17)19-8-10(18)13-9-3-4-9/h9,12H,2-8H2,1H3,(H,13,18). The second kappa shape index (κ2) is 7.44. The fourth-order valence-corrected chi connectivity index (χ4v) is 2.27. The summed E-state index contributed by atoms with van der Waals surface area (Å²) in [6, 6.07) is 0.405. The van der Waals surface area contributed by atoms with E-state index < -0.39 is 0 Å². The van der Waals surface area contributed by atoms with Crippen LogP contribution in [0.3, 0.4) is 0 Å². The van der Waals surface area contributed by atoms with Gasteiger partial charge in [-0.1, -0.05) is 18.7 Å². The Bertz CT molecular complexity index is 406. The van der Waals surface area contributed by atoms with Gasteiger partial charge in [-0.05, 0) is 36.2 Å². The molecule has 0 spiro atoms. The van der Waals surface area contributed by atoms with Crippen LogP contribution < -0.4 is 10.6 Å². The third-order valence-electron chi connectivity index (χ3n) is 2.70. The summed E-state index contributed by atoms with van der Waals surface area (Å²) in [5.41, 5.74) is 0. The van der Waals surface area contributed by atoms with E-state index in [2.05, 4.69) is 33.1 Å². The van der Waals surface area contributed by atoms with Crippen molar-refractivity contribution in [2.45, 2.75) is 43.9 Å². The van der Waals surface area contributed by atoms with E-state index in [1.807, 2.05) is 0 Å². The molecule has 1 aliphatic rings. The molecule has 7 nitrogen and oxygen atoms in total. The fourth-order valence-electron chi connectivity index (χ4n) is 1.55. The number of thioether (sulfide) groups is 1. The third kappa shape index (κ3) is 5.15. The van der Waals surface area contributed by atoms with Crippen LogP contribution in [0.1, 0.15) is 26.2 Å². The minimum absolute atomic E-state index is 0.0613. The Morgan fingerprint density at radius 2 is 2.32 bits per heavy atom. The second-order valence-corrected chi connectivity index (χ2v) is 5.51. The highest BCUT2D eigenvalue weighted by Crippen LogP contribution is 2.19. The smallest absolute Gasteiger partial charge is 0.230 e. The molecule has 0 aliphatic heterocycles. The molecule has 1 fully saturated rings. The zero-order valence-electron chi connectivity index (χ0n) is 11.1. The maximum atomic E-state index is 11.6. The van der Waals surface area contributed by atoms with Crippen LogP contribution in [-0.2, 0) is 11.3 Å². The van der Waals surface area contributed by atoms with E-state index in [-0.39, 0.29) is 5.91 Å². The molecule has 0 saturated heterocycles. The van der Waals surface area contributed by atoms with Crippen LogP contribution in [0.4, 0.5) is 0 Å². The maximum Gasteiger partial charge on any atom is 0.230 e. The number of rotatable bonds is 9. The lowest BCUT2D eigenvalue weighted by molar-refractivity contribution is -0.118. The predicted molar refractivity (Wildman–Crippen MR) is 72.9 cm³/mol. The quantitative estimate of drug-likeness (QED) is 0.492. The first-order chi connectivity index (χ1) is 9.29. The Morgan fingerprint density at radius 3 is 3.05 bits per heavy atom. The Labute approximate surface area is 116 Å². The Morgan fingerprint density at radius 1 is 1.47 bits per heavy atom. The summed E-state index contributed by atoms with van der Waals surface area (Å²) in [5.74, 6) is 0.436. The van der Waals surface area contributed by atoms with Crippen LogP contribution in [0.5, 0.6) is 0 Å². The summed E-state index contributed by atoms with van der Waals surface area (Å²) < 4.78 is 1.73. The number of carbonyl (C=O) groups is 1. The maximum absolute atomic E-state index is 11.6. The first kappa shape index (κ1) is 14.3. The van der Waals surface area contributed by atoms with Crippen molar-refractivity contribution < 1.29 is 4.79 Å². The SMILES string of the molecule is CCCNCCn1nnnc1SCC(=O)NC1CC1. The zero-order chi connectivity index (χ0) is 13.5. The largest absolute Gasteiger partial charge is 0.353 e. The predicted octanol–water partition coefficient (Wildman–Crippen LogP) is 0.0434. The molecule has 1 heterocycles. The number of hydrogen-bond acceptors (Lipinski definition) is 6. The Kier molecular flexibility index (Phi) is 5.59. The topological polar surface area (TPSA) is 84.7 Å². The molecule has 2 rings (SSSR count). The van der Waals surface area contributed by atoms with Crippen molar-refractivity contribution >= 4 is 17.7 Å². The molecule has 19 heavy (non-hydrogen) atoms. The van der Waals surface area contributed by atoms with Gasteiger partial charge < -0.3 is 10.6 Å². The first-order valence-corrected chi connectivity index (χ1v) is 7.67. The second-order valence-electron chi connectivity index (χ2n) is 4.57. The highest BCUT2D eigenvalue weighted by atomic mass is 32.2. The van der Waals surface area contributed by atoms with Gasteiger partial charge in [0.15, 0.2) is 0 Å². The Balaban J connectivity index is 1.70. The molecule has 1 aromatic heterocycles. The molecule has 1 aromatic rings. The van der Waals surface area contributed by atoms with Crippen LogP contribution in [0, 0.1) is 0 Å². The van der Waals surface area contributed by atoms with Crippen LogP contribution in [0.15, 0.2) is 5.16 Å². The van der Waals surface area contributed by atoms with Crippen molar-refractivity contribution in [2.24, 2.45) is 0 Å². The fraction of sp³-hybridized carbons (Fsp3) is 0.818. The summed E-state index contributed by atoms with van der Waals surface area (Å²) >= 11 is 1.38. The molecule has 0 unspecified atom stereocenters. The summed E-state index contributed by atoms with van der Waals surface area (Å²) in [4.78, 5) is 11.6. The van der Waals surface area contributed by atoms with E-state index in [1.54, 1.807) is 4.68 Å². The van der Waals surface area contributed by atoms with Gasteiger partial charge >= 0.3 is 0 Å². The zero-order valence-corrected chi connectivity index (χ0v) is 11.9. The van der Waals surface area contributed by atoms with Gasteiger partial charge in [-0.2, -0.15) is 0 Å². The molecule has 1 saturated carbocycles. The number of amides is 1. The van der Waals surface area contributed by atoms with E-state index in [4.69, 9.17) is 0 Å². The number of carbonyl (C=O) groups excluding carboxylic acids is 1. The minimum atomic E-state index is 0.0613. The van der Waals surface area contributed by atoms with Crippen LogP contribution in [0.25, 0.3) is 0 Å². The van der Waals surface area contributed by atoms with Gasteiger partial charge in [0.05, 0.1) is 12.3 Å². The number of tetrazole rings is 1. The molecule has 106 valence electrons. The monoisotopic (exact) mass is 284 g/mol. The van der Waals surface area contributed by atoms with Crippen LogP contribution in [0.2, 0.25) is 0 Å². The Hall–Kier alpha value is -1.15. The number of aromatic nitrogens is 4. The molecule has 2 N–H and O–H groups in total. The van der Waals surface area contributed by atoms with Crippen LogP contribution >= 0.6 is 11.8 Å². The number of nitrogens with one attached hydrogen (secondary N) is 2. The lowest BCUT2D eigenvalue weighted by Crippen LogP contribution is -2.27. The van der Waals surface area contributed by atoms with E-state index in [0.29, 0.717) is 17.0 Å².